The first-order valence-electron chi connectivity index (χ1n) is 5.66. The van der Waals surface area contributed by atoms with E-state index in [9.17, 15) is 9.18 Å². The molecule has 0 aliphatic carbocycles. The van der Waals surface area contributed by atoms with Crippen LogP contribution in [0.2, 0.25) is 0 Å². The van der Waals surface area contributed by atoms with Crippen LogP contribution in [0.4, 0.5) is 4.39 Å². The van der Waals surface area contributed by atoms with Gasteiger partial charge in [0.05, 0.1) is 5.56 Å². The van der Waals surface area contributed by atoms with E-state index in [1.807, 2.05) is 12.2 Å². The van der Waals surface area contributed by atoms with Gasteiger partial charge >= 0.3 is 5.97 Å². The van der Waals surface area contributed by atoms with E-state index in [0.29, 0.717) is 0 Å². The Balaban J connectivity index is 2.12. The summed E-state index contributed by atoms with van der Waals surface area (Å²) in [6, 6.07) is 9.58. The lowest BCUT2D eigenvalue weighted by atomic mass is 10.1. The average Bonchev–Trinajstić information content (AvgIpc) is 2.56. The van der Waals surface area contributed by atoms with Crippen molar-refractivity contribution in [3.05, 3.63) is 58.9 Å². The number of rotatable bonds is 1. The minimum atomic E-state index is -0.948. The molecule has 0 aromatic heterocycles. The second-order valence-electron chi connectivity index (χ2n) is 4.18. The monoisotopic (exact) mass is 272 g/mol. The molecule has 0 bridgehead atoms. The Morgan fingerprint density at radius 2 is 1.79 bits per heavy atom. The van der Waals surface area contributed by atoms with Gasteiger partial charge in [-0.3, -0.25) is 0 Å². The van der Waals surface area contributed by atoms with Crippen LogP contribution < -0.4 is 0 Å². The first kappa shape index (κ1) is 12.0. The second-order valence-corrected chi connectivity index (χ2v) is 5.26. The molecule has 1 N–H and O–H groups in total. The predicted molar refractivity (Wildman–Crippen MR) is 72.9 cm³/mol. The zero-order chi connectivity index (χ0) is 13.4. The van der Waals surface area contributed by atoms with Gasteiger partial charge in [0, 0.05) is 9.79 Å². The molecular weight excluding hydrogens is 263 g/mol. The summed E-state index contributed by atoms with van der Waals surface area (Å²) in [7, 11) is 0. The smallest absolute Gasteiger partial charge is 0.335 e. The fraction of sp³-hybridized carbons (Fsp3) is 0. The Kier molecular flexibility index (Phi) is 2.87. The van der Waals surface area contributed by atoms with Gasteiger partial charge < -0.3 is 5.11 Å². The van der Waals surface area contributed by atoms with Crippen molar-refractivity contribution in [1.29, 1.82) is 0 Å². The number of carbonyl (C=O) groups is 1. The van der Waals surface area contributed by atoms with Crippen LogP contribution in [0.1, 0.15) is 21.5 Å². The minimum Gasteiger partial charge on any atom is -0.478 e. The largest absolute Gasteiger partial charge is 0.478 e. The molecular formula is C15H9FO2S. The summed E-state index contributed by atoms with van der Waals surface area (Å²) in [6.07, 6.45) is 3.72. The fourth-order valence-corrected chi connectivity index (χ4v) is 2.99. The first-order chi connectivity index (χ1) is 9.13. The second kappa shape index (κ2) is 4.55. The lowest BCUT2D eigenvalue weighted by molar-refractivity contribution is 0.0696. The zero-order valence-corrected chi connectivity index (χ0v) is 10.6. The molecule has 19 heavy (non-hydrogen) atoms. The molecule has 0 radical (unpaired) electrons. The van der Waals surface area contributed by atoms with Gasteiger partial charge in [0.25, 0.3) is 0 Å². The highest BCUT2D eigenvalue weighted by molar-refractivity contribution is 7.99. The van der Waals surface area contributed by atoms with Crippen molar-refractivity contribution in [2.75, 3.05) is 0 Å². The van der Waals surface area contributed by atoms with Crippen molar-refractivity contribution in [2.45, 2.75) is 9.79 Å². The quantitative estimate of drug-likeness (QED) is 0.722. The van der Waals surface area contributed by atoms with E-state index in [1.54, 1.807) is 24.3 Å². The summed E-state index contributed by atoms with van der Waals surface area (Å²) in [5.41, 5.74) is 2.00. The molecule has 4 heteroatoms. The van der Waals surface area contributed by atoms with Gasteiger partial charge in [0.2, 0.25) is 0 Å². The third-order valence-corrected chi connectivity index (χ3v) is 4.06. The number of carboxylic acids is 1. The zero-order valence-electron chi connectivity index (χ0n) is 9.76. The van der Waals surface area contributed by atoms with E-state index in [1.165, 1.54) is 23.9 Å². The Morgan fingerprint density at radius 1 is 1.00 bits per heavy atom. The molecule has 0 unspecified atom stereocenters. The molecule has 1 aliphatic rings. The molecule has 2 nitrogen and oxygen atoms in total. The van der Waals surface area contributed by atoms with Gasteiger partial charge in [0.1, 0.15) is 5.82 Å². The van der Waals surface area contributed by atoms with Crippen molar-refractivity contribution in [1.82, 2.24) is 0 Å². The van der Waals surface area contributed by atoms with Crippen LogP contribution in [0.15, 0.2) is 46.2 Å². The minimum absolute atomic E-state index is 0.255. The number of fused-ring (bicyclic) bond motifs is 2. The van der Waals surface area contributed by atoms with Gasteiger partial charge in [-0.05, 0) is 41.5 Å². The molecule has 3 rings (SSSR count). The van der Waals surface area contributed by atoms with Crippen molar-refractivity contribution < 1.29 is 14.3 Å². The number of halogens is 1. The normalized spacial score (nSPS) is 12.5. The number of aromatic carboxylic acids is 1. The molecule has 1 aliphatic heterocycles. The van der Waals surface area contributed by atoms with Crippen molar-refractivity contribution in [3.63, 3.8) is 0 Å². The van der Waals surface area contributed by atoms with Gasteiger partial charge in [-0.15, -0.1) is 0 Å². The van der Waals surface area contributed by atoms with Gasteiger partial charge in [-0.1, -0.05) is 30.0 Å². The number of hydrogen-bond donors (Lipinski definition) is 1. The maximum Gasteiger partial charge on any atom is 0.335 e. The maximum atomic E-state index is 13.2. The highest BCUT2D eigenvalue weighted by Crippen LogP contribution is 2.37. The van der Waals surface area contributed by atoms with E-state index < -0.39 is 5.97 Å². The van der Waals surface area contributed by atoms with Crippen LogP contribution in [0.5, 0.6) is 0 Å². The van der Waals surface area contributed by atoms with E-state index in [2.05, 4.69) is 0 Å². The average molecular weight is 272 g/mol. The number of hydrogen-bond acceptors (Lipinski definition) is 2. The van der Waals surface area contributed by atoms with Gasteiger partial charge in [0.15, 0.2) is 0 Å². The molecule has 0 saturated carbocycles. The molecule has 0 amide bonds. The molecule has 0 spiro atoms. The Morgan fingerprint density at radius 3 is 2.58 bits per heavy atom. The van der Waals surface area contributed by atoms with Crippen LogP contribution in [0.3, 0.4) is 0 Å². The standard InChI is InChI=1S/C15H9FO2S/c16-12-5-6-13-10(7-12)3-1-9-2-4-11(15(17)18)8-14(9)19-13/h1-8H,(H,17,18). The molecule has 0 fully saturated rings. The summed E-state index contributed by atoms with van der Waals surface area (Å²) >= 11 is 1.45. The van der Waals surface area contributed by atoms with Crippen molar-refractivity contribution in [2.24, 2.45) is 0 Å². The topological polar surface area (TPSA) is 37.3 Å². The summed E-state index contributed by atoms with van der Waals surface area (Å²) in [4.78, 5) is 12.8. The summed E-state index contributed by atoms with van der Waals surface area (Å²) in [5, 5.41) is 9.01. The van der Waals surface area contributed by atoms with Crippen molar-refractivity contribution in [3.8, 4) is 0 Å². The molecule has 0 saturated heterocycles. The lowest BCUT2D eigenvalue weighted by Gasteiger charge is -2.06. The van der Waals surface area contributed by atoms with Crippen LogP contribution in [0.25, 0.3) is 12.2 Å². The Bertz CT molecular complexity index is 707. The molecule has 1 heterocycles. The van der Waals surface area contributed by atoms with E-state index in [4.69, 9.17) is 5.11 Å². The lowest BCUT2D eigenvalue weighted by Crippen LogP contribution is -1.96. The van der Waals surface area contributed by atoms with Crippen LogP contribution in [-0.2, 0) is 0 Å². The third kappa shape index (κ3) is 2.27. The SMILES string of the molecule is O=C(O)c1ccc2c(c1)Sc1ccc(F)cc1C=C2. The number of benzene rings is 2. The van der Waals surface area contributed by atoms with Crippen LogP contribution in [0, 0.1) is 5.82 Å². The molecule has 0 atom stereocenters. The van der Waals surface area contributed by atoms with Crippen LogP contribution >= 0.6 is 11.8 Å². The van der Waals surface area contributed by atoms with E-state index >= 15 is 0 Å². The fourth-order valence-electron chi connectivity index (χ4n) is 1.93. The predicted octanol–water partition coefficient (Wildman–Crippen LogP) is 4.16. The highest BCUT2D eigenvalue weighted by Gasteiger charge is 2.13. The van der Waals surface area contributed by atoms with Crippen molar-refractivity contribution >= 4 is 29.9 Å². The molecule has 94 valence electrons. The van der Waals surface area contributed by atoms with E-state index in [-0.39, 0.29) is 11.4 Å². The Hall–Kier alpha value is -2.07. The first-order valence-corrected chi connectivity index (χ1v) is 6.48. The molecule has 2 aromatic carbocycles. The Labute approximate surface area is 113 Å². The summed E-state index contributed by atoms with van der Waals surface area (Å²) < 4.78 is 13.2. The number of carboxylic acid groups (broad SMARTS) is 1. The van der Waals surface area contributed by atoms with E-state index in [0.717, 1.165) is 20.9 Å². The van der Waals surface area contributed by atoms with Crippen LogP contribution in [-0.4, -0.2) is 11.1 Å². The molecule has 2 aromatic rings. The highest BCUT2D eigenvalue weighted by atomic mass is 32.2. The maximum absolute atomic E-state index is 13.2. The van der Waals surface area contributed by atoms with Gasteiger partial charge in [-0.25, -0.2) is 9.18 Å². The summed E-state index contributed by atoms with van der Waals surface area (Å²) in [6.45, 7) is 0. The summed E-state index contributed by atoms with van der Waals surface area (Å²) in [5.74, 6) is -1.22. The third-order valence-electron chi connectivity index (χ3n) is 2.89. The van der Waals surface area contributed by atoms with Gasteiger partial charge in [-0.2, -0.15) is 0 Å².